The van der Waals surface area contributed by atoms with Crippen molar-refractivity contribution in [1.29, 1.82) is 0 Å². The lowest BCUT2D eigenvalue weighted by atomic mass is 10.1. The van der Waals surface area contributed by atoms with E-state index < -0.39 is 0 Å². The monoisotopic (exact) mass is 248 g/mol. The van der Waals surface area contributed by atoms with Gasteiger partial charge >= 0.3 is 0 Å². The minimum Gasteiger partial charge on any atom is -0.313 e. The summed E-state index contributed by atoms with van der Waals surface area (Å²) < 4.78 is 1.09. The minimum absolute atomic E-state index is 0.0960. The molecule has 2 aromatic rings. The number of hydrogen-bond donors (Lipinski definition) is 1. The summed E-state index contributed by atoms with van der Waals surface area (Å²) in [5.74, 6) is 0.498. The molecule has 1 N–H and O–H groups in total. The van der Waals surface area contributed by atoms with Gasteiger partial charge < -0.3 is 5.32 Å². The molecule has 0 aliphatic heterocycles. The molecule has 3 nitrogen and oxygen atoms in total. The Morgan fingerprint density at radius 1 is 1.47 bits per heavy atom. The van der Waals surface area contributed by atoms with Crippen molar-refractivity contribution in [2.45, 2.75) is 19.8 Å². The van der Waals surface area contributed by atoms with Gasteiger partial charge in [-0.2, -0.15) is 0 Å². The Morgan fingerprint density at radius 2 is 2.24 bits per heavy atom. The molecule has 1 aromatic carbocycles. The largest absolute Gasteiger partial charge is 0.313 e. The molecular weight excluding hydrogens is 232 g/mol. The van der Waals surface area contributed by atoms with Gasteiger partial charge in [-0.1, -0.05) is 19.9 Å². The van der Waals surface area contributed by atoms with Gasteiger partial charge in [-0.05, 0) is 19.2 Å². The van der Waals surface area contributed by atoms with E-state index in [0.29, 0.717) is 12.5 Å². The van der Waals surface area contributed by atoms with Crippen molar-refractivity contribution < 1.29 is 4.79 Å². The number of Topliss-reactive ketones (excluding diaryl/α,β-unsaturated/α-hetero) is 1. The standard InChI is InChI=1S/C13H16N2OS/c1-8(2)13-15-12-9(10(16)7-14-3)5-4-6-11(12)17-13/h4-6,8,14H,7H2,1-3H3. The summed E-state index contributed by atoms with van der Waals surface area (Å²) in [6.45, 7) is 4.59. The molecular formula is C13H16N2OS. The van der Waals surface area contributed by atoms with E-state index in [9.17, 15) is 4.79 Å². The molecule has 0 bridgehead atoms. The van der Waals surface area contributed by atoms with Crippen LogP contribution in [0.4, 0.5) is 0 Å². The maximum Gasteiger partial charge on any atom is 0.178 e. The zero-order valence-corrected chi connectivity index (χ0v) is 11.1. The Kier molecular flexibility index (Phi) is 3.54. The van der Waals surface area contributed by atoms with E-state index >= 15 is 0 Å². The van der Waals surface area contributed by atoms with Crippen LogP contribution in [0.1, 0.15) is 35.1 Å². The molecule has 1 aromatic heterocycles. The zero-order valence-electron chi connectivity index (χ0n) is 10.3. The van der Waals surface area contributed by atoms with Crippen LogP contribution in [0.5, 0.6) is 0 Å². The third-order valence-electron chi connectivity index (χ3n) is 2.57. The second-order valence-corrected chi connectivity index (χ2v) is 5.37. The van der Waals surface area contributed by atoms with Crippen LogP contribution in [0.2, 0.25) is 0 Å². The van der Waals surface area contributed by atoms with Crippen molar-refractivity contribution >= 4 is 27.3 Å². The highest BCUT2D eigenvalue weighted by molar-refractivity contribution is 7.18. The van der Waals surface area contributed by atoms with Gasteiger partial charge in [0.2, 0.25) is 0 Å². The summed E-state index contributed by atoms with van der Waals surface area (Å²) in [6, 6.07) is 5.80. The van der Waals surface area contributed by atoms with E-state index in [2.05, 4.69) is 24.1 Å². The predicted molar refractivity (Wildman–Crippen MR) is 72.0 cm³/mol. The molecule has 0 radical (unpaired) electrons. The van der Waals surface area contributed by atoms with E-state index in [4.69, 9.17) is 0 Å². The lowest BCUT2D eigenvalue weighted by Crippen LogP contribution is -2.18. The van der Waals surface area contributed by atoms with Crippen LogP contribution in [-0.2, 0) is 0 Å². The highest BCUT2D eigenvalue weighted by Gasteiger charge is 2.14. The Labute approximate surface area is 105 Å². The molecule has 2 rings (SSSR count). The van der Waals surface area contributed by atoms with Crippen LogP contribution in [0.25, 0.3) is 10.2 Å². The fraction of sp³-hybridized carbons (Fsp3) is 0.385. The van der Waals surface area contributed by atoms with Gasteiger partial charge in [0.05, 0.1) is 21.8 Å². The van der Waals surface area contributed by atoms with Crippen LogP contribution in [0.15, 0.2) is 18.2 Å². The number of carbonyl (C=O) groups excluding carboxylic acids is 1. The molecule has 0 atom stereocenters. The third-order valence-corrected chi connectivity index (χ3v) is 3.89. The van der Waals surface area contributed by atoms with E-state index in [1.807, 2.05) is 18.2 Å². The molecule has 0 spiro atoms. The SMILES string of the molecule is CNCC(=O)c1cccc2sc(C(C)C)nc12. The number of carbonyl (C=O) groups is 1. The number of rotatable bonds is 4. The first-order valence-corrected chi connectivity index (χ1v) is 6.52. The van der Waals surface area contributed by atoms with Crippen molar-refractivity contribution in [2.75, 3.05) is 13.6 Å². The number of para-hydroxylation sites is 1. The molecule has 17 heavy (non-hydrogen) atoms. The van der Waals surface area contributed by atoms with E-state index in [1.54, 1.807) is 18.4 Å². The molecule has 0 fully saturated rings. The number of hydrogen-bond acceptors (Lipinski definition) is 4. The molecule has 0 saturated carbocycles. The lowest BCUT2D eigenvalue weighted by Gasteiger charge is -2.00. The van der Waals surface area contributed by atoms with Crippen LogP contribution in [0.3, 0.4) is 0 Å². The Morgan fingerprint density at radius 3 is 2.88 bits per heavy atom. The molecule has 90 valence electrons. The van der Waals surface area contributed by atoms with Gasteiger partial charge in [-0.15, -0.1) is 11.3 Å². The number of benzene rings is 1. The van der Waals surface area contributed by atoms with Gasteiger partial charge in [0, 0.05) is 11.5 Å². The summed E-state index contributed by atoms with van der Waals surface area (Å²) in [6.07, 6.45) is 0. The minimum atomic E-state index is 0.0960. The average Bonchev–Trinajstić information content (AvgIpc) is 2.72. The van der Waals surface area contributed by atoms with E-state index in [1.165, 1.54) is 0 Å². The number of nitrogens with zero attached hydrogens (tertiary/aromatic N) is 1. The Balaban J connectivity index is 2.53. The Hall–Kier alpha value is -1.26. The maximum atomic E-state index is 11.9. The molecule has 0 saturated heterocycles. The fourth-order valence-corrected chi connectivity index (χ4v) is 2.69. The van der Waals surface area contributed by atoms with Gasteiger partial charge in [-0.25, -0.2) is 4.98 Å². The second-order valence-electron chi connectivity index (χ2n) is 4.31. The highest BCUT2D eigenvalue weighted by atomic mass is 32.1. The normalized spacial score (nSPS) is 11.3. The first kappa shape index (κ1) is 12.2. The smallest absolute Gasteiger partial charge is 0.178 e. The maximum absolute atomic E-state index is 11.9. The van der Waals surface area contributed by atoms with Gasteiger partial charge in [0.1, 0.15) is 0 Å². The predicted octanol–water partition coefficient (Wildman–Crippen LogP) is 2.82. The number of likely N-dealkylation sites (N-methyl/N-ethyl adjacent to an activating group) is 1. The first-order chi connectivity index (χ1) is 8.13. The summed E-state index contributed by atoms with van der Waals surface area (Å²) in [7, 11) is 1.78. The zero-order chi connectivity index (χ0) is 12.4. The summed E-state index contributed by atoms with van der Waals surface area (Å²) in [5.41, 5.74) is 1.57. The summed E-state index contributed by atoms with van der Waals surface area (Å²) in [4.78, 5) is 16.5. The van der Waals surface area contributed by atoms with Crippen LogP contribution >= 0.6 is 11.3 Å². The molecule has 0 amide bonds. The number of fused-ring (bicyclic) bond motifs is 1. The van der Waals surface area contributed by atoms with Crippen LogP contribution < -0.4 is 5.32 Å². The van der Waals surface area contributed by atoms with Crippen LogP contribution in [0, 0.1) is 0 Å². The number of thiazole rings is 1. The summed E-state index contributed by atoms with van der Waals surface area (Å²) in [5, 5.41) is 3.97. The van der Waals surface area contributed by atoms with Crippen LogP contribution in [-0.4, -0.2) is 24.4 Å². The van der Waals surface area contributed by atoms with E-state index in [-0.39, 0.29) is 5.78 Å². The molecule has 1 heterocycles. The first-order valence-electron chi connectivity index (χ1n) is 5.70. The highest BCUT2D eigenvalue weighted by Crippen LogP contribution is 2.29. The third kappa shape index (κ3) is 2.37. The van der Waals surface area contributed by atoms with Crippen molar-refractivity contribution in [1.82, 2.24) is 10.3 Å². The van der Waals surface area contributed by atoms with E-state index in [0.717, 1.165) is 20.8 Å². The number of nitrogens with one attached hydrogen (secondary N) is 1. The van der Waals surface area contributed by atoms with Gasteiger partial charge in [0.15, 0.2) is 5.78 Å². The lowest BCUT2D eigenvalue weighted by molar-refractivity contribution is 0.0995. The van der Waals surface area contributed by atoms with Crippen molar-refractivity contribution in [3.63, 3.8) is 0 Å². The Bertz CT molecular complexity index is 545. The van der Waals surface area contributed by atoms with Gasteiger partial charge in [0.25, 0.3) is 0 Å². The topological polar surface area (TPSA) is 42.0 Å². The second kappa shape index (κ2) is 4.94. The average molecular weight is 248 g/mol. The fourth-order valence-electron chi connectivity index (χ4n) is 1.69. The molecule has 0 aliphatic rings. The number of ketones is 1. The number of aromatic nitrogens is 1. The van der Waals surface area contributed by atoms with Crippen molar-refractivity contribution in [3.05, 3.63) is 28.8 Å². The molecule has 0 unspecified atom stereocenters. The molecule has 4 heteroatoms. The molecule has 0 aliphatic carbocycles. The van der Waals surface area contributed by atoms with Gasteiger partial charge in [-0.3, -0.25) is 4.79 Å². The summed E-state index contributed by atoms with van der Waals surface area (Å²) >= 11 is 1.67. The quantitative estimate of drug-likeness (QED) is 0.846. The van der Waals surface area contributed by atoms with Crippen molar-refractivity contribution in [3.8, 4) is 0 Å². The van der Waals surface area contributed by atoms with Crippen molar-refractivity contribution in [2.24, 2.45) is 0 Å².